The van der Waals surface area contributed by atoms with Gasteiger partial charge in [0, 0.05) is 45.9 Å². The highest BCUT2D eigenvalue weighted by Crippen LogP contribution is 2.32. The Kier molecular flexibility index (Phi) is 8.94. The van der Waals surface area contributed by atoms with Crippen molar-refractivity contribution in [3.8, 4) is 0 Å². The predicted octanol–water partition coefficient (Wildman–Crippen LogP) is 5.12. The lowest BCUT2D eigenvalue weighted by atomic mass is 9.93. The van der Waals surface area contributed by atoms with Crippen molar-refractivity contribution in [3.05, 3.63) is 45.3 Å². The van der Waals surface area contributed by atoms with E-state index < -0.39 is 11.6 Å². The number of alkyl halides is 2. The van der Waals surface area contributed by atoms with Gasteiger partial charge in [-0.1, -0.05) is 51.8 Å². The molecule has 0 bridgehead atoms. The Morgan fingerprint density at radius 2 is 2.15 bits per heavy atom. The van der Waals surface area contributed by atoms with Gasteiger partial charge in [-0.25, -0.2) is 4.39 Å². The number of likely N-dealkylation sites (tertiary alicyclic amines) is 1. The van der Waals surface area contributed by atoms with Crippen LogP contribution in [0.15, 0.2) is 45.3 Å². The van der Waals surface area contributed by atoms with Gasteiger partial charge in [0.05, 0.1) is 6.54 Å². The molecule has 0 aromatic heterocycles. The molecule has 150 valence electrons. The predicted molar refractivity (Wildman–Crippen MR) is 118 cm³/mol. The molecule has 2 aliphatic heterocycles. The zero-order valence-corrected chi connectivity index (χ0v) is 19.2. The Labute approximate surface area is 183 Å². The first-order valence-electron chi connectivity index (χ1n) is 8.74. The first-order valence-corrected chi connectivity index (χ1v) is 11.4. The lowest BCUT2D eigenvalue weighted by Crippen LogP contribution is -2.48. The minimum atomic E-state index is -1.40. The topological polar surface area (TPSA) is 32.3 Å². The molecule has 1 fully saturated rings. The van der Waals surface area contributed by atoms with Crippen LogP contribution in [0.4, 0.5) is 4.39 Å². The highest BCUT2D eigenvalue weighted by atomic mass is 79.9. The van der Waals surface area contributed by atoms with E-state index in [0.717, 1.165) is 12.3 Å². The summed E-state index contributed by atoms with van der Waals surface area (Å²) in [4.78, 5) is 16.4. The van der Waals surface area contributed by atoms with Crippen LogP contribution >= 0.6 is 50.9 Å². The summed E-state index contributed by atoms with van der Waals surface area (Å²) in [5, 5.41) is 3.32. The molecular formula is C19H24BrCl2FN2OS. The number of carbonyl (C=O) groups is 1. The molecule has 1 atom stereocenters. The van der Waals surface area contributed by atoms with Crippen molar-refractivity contribution in [1.82, 2.24) is 10.2 Å². The van der Waals surface area contributed by atoms with Crippen molar-refractivity contribution < 1.29 is 9.18 Å². The third kappa shape index (κ3) is 7.94. The van der Waals surface area contributed by atoms with Crippen LogP contribution in [0.25, 0.3) is 0 Å². The van der Waals surface area contributed by atoms with Crippen LogP contribution in [0.5, 0.6) is 0 Å². The molecule has 1 saturated heterocycles. The van der Waals surface area contributed by atoms with E-state index in [4.69, 9.17) is 23.2 Å². The van der Waals surface area contributed by atoms with Gasteiger partial charge in [0.2, 0.25) is 0 Å². The summed E-state index contributed by atoms with van der Waals surface area (Å²) >= 11 is 17.1. The molecule has 0 spiro atoms. The van der Waals surface area contributed by atoms with Crippen LogP contribution < -0.4 is 5.32 Å². The van der Waals surface area contributed by atoms with E-state index in [2.05, 4.69) is 38.8 Å². The van der Waals surface area contributed by atoms with E-state index in [1.54, 1.807) is 6.92 Å². The number of amides is 1. The van der Waals surface area contributed by atoms with Crippen LogP contribution in [-0.2, 0) is 4.79 Å². The fraction of sp³-hybridized carbons (Fsp3) is 0.526. The van der Waals surface area contributed by atoms with Gasteiger partial charge in [0.1, 0.15) is 5.67 Å². The first-order chi connectivity index (χ1) is 12.7. The van der Waals surface area contributed by atoms with Crippen LogP contribution in [0.3, 0.4) is 0 Å². The summed E-state index contributed by atoms with van der Waals surface area (Å²) in [5.41, 5.74) is -1.14. The van der Waals surface area contributed by atoms with E-state index in [1.807, 2.05) is 11.8 Å². The normalized spacial score (nSPS) is 23.9. The standard InChI is InChI=1S/C19H24BrCl2FN2OS/c1-13(21)7-15(8-14(2)22)18(26)24-12-19(23)3-5-25(6-4-19)10-17-9-16(20)11-27-17/h7-9,16H,1,3-6,10-12H2,2H3,(H,24,26)/b14-8+,15-7+. The maximum absolute atomic E-state index is 15.1. The zero-order chi connectivity index (χ0) is 20.0. The molecule has 1 unspecified atom stereocenters. The molecule has 1 amide bonds. The Balaban J connectivity index is 1.85. The van der Waals surface area contributed by atoms with Crippen LogP contribution in [0.1, 0.15) is 19.8 Å². The minimum absolute atomic E-state index is 0.0259. The highest BCUT2D eigenvalue weighted by molar-refractivity contribution is 9.09. The maximum Gasteiger partial charge on any atom is 0.251 e. The fourth-order valence-electron chi connectivity index (χ4n) is 2.99. The Bertz CT molecular complexity index is 669. The quantitative estimate of drug-likeness (QED) is 0.301. The molecule has 0 aliphatic carbocycles. The third-order valence-corrected chi connectivity index (χ3v) is 6.82. The Hall–Kier alpha value is -0.270. The number of rotatable bonds is 7. The Morgan fingerprint density at radius 3 is 2.67 bits per heavy atom. The summed E-state index contributed by atoms with van der Waals surface area (Å²) < 4.78 is 15.1. The molecular weight excluding hydrogens is 474 g/mol. The van der Waals surface area contributed by atoms with Crippen molar-refractivity contribution in [2.75, 3.05) is 31.9 Å². The van der Waals surface area contributed by atoms with E-state index in [-0.39, 0.29) is 17.2 Å². The van der Waals surface area contributed by atoms with Gasteiger partial charge in [-0.3, -0.25) is 9.69 Å². The minimum Gasteiger partial charge on any atom is -0.349 e. The fourth-order valence-corrected chi connectivity index (χ4v) is 5.12. The first kappa shape index (κ1) is 23.0. The SMILES string of the molecule is C=C(Cl)/C=C(\C=C(/C)Cl)C(=O)NCC1(F)CCN(CC2=CC(Br)CS2)CC1. The number of hydrogen-bond acceptors (Lipinski definition) is 3. The second-order valence-corrected chi connectivity index (χ2v) is 10.3. The number of nitrogens with one attached hydrogen (secondary N) is 1. The second-order valence-electron chi connectivity index (χ2n) is 6.85. The largest absolute Gasteiger partial charge is 0.349 e. The van der Waals surface area contributed by atoms with Gasteiger partial charge in [0.15, 0.2) is 0 Å². The monoisotopic (exact) mass is 496 g/mol. The lowest BCUT2D eigenvalue weighted by molar-refractivity contribution is -0.118. The van der Waals surface area contributed by atoms with Gasteiger partial charge in [-0.05, 0) is 36.8 Å². The number of thioether (sulfide) groups is 1. The van der Waals surface area contributed by atoms with Gasteiger partial charge in [0.25, 0.3) is 5.91 Å². The summed E-state index contributed by atoms with van der Waals surface area (Å²) in [5.74, 6) is 0.649. The number of carbonyl (C=O) groups excluding carboxylic acids is 1. The Morgan fingerprint density at radius 1 is 1.48 bits per heavy atom. The second kappa shape index (κ2) is 10.5. The van der Waals surface area contributed by atoms with Crippen LogP contribution in [0.2, 0.25) is 0 Å². The molecule has 0 aromatic carbocycles. The highest BCUT2D eigenvalue weighted by Gasteiger charge is 2.35. The van der Waals surface area contributed by atoms with Crippen LogP contribution in [-0.4, -0.2) is 53.2 Å². The van der Waals surface area contributed by atoms with E-state index >= 15 is 4.39 Å². The summed E-state index contributed by atoms with van der Waals surface area (Å²) in [7, 11) is 0. The molecule has 2 rings (SSSR count). The molecule has 2 heterocycles. The van der Waals surface area contributed by atoms with E-state index in [1.165, 1.54) is 17.1 Å². The number of piperidine rings is 1. The molecule has 0 aromatic rings. The zero-order valence-electron chi connectivity index (χ0n) is 15.2. The van der Waals surface area contributed by atoms with Gasteiger partial charge < -0.3 is 5.32 Å². The third-order valence-electron chi connectivity index (χ3n) is 4.42. The van der Waals surface area contributed by atoms with Gasteiger partial charge >= 0.3 is 0 Å². The van der Waals surface area contributed by atoms with E-state index in [0.29, 0.717) is 35.8 Å². The van der Waals surface area contributed by atoms with Gasteiger partial charge in [-0.2, -0.15) is 0 Å². The molecule has 0 saturated carbocycles. The average molecular weight is 498 g/mol. The van der Waals surface area contributed by atoms with Crippen molar-refractivity contribution in [3.63, 3.8) is 0 Å². The average Bonchev–Trinajstić information content (AvgIpc) is 2.99. The molecule has 0 radical (unpaired) electrons. The lowest BCUT2D eigenvalue weighted by Gasteiger charge is -2.36. The van der Waals surface area contributed by atoms with Crippen molar-refractivity contribution in [2.45, 2.75) is 30.3 Å². The van der Waals surface area contributed by atoms with Crippen LogP contribution in [0, 0.1) is 0 Å². The summed E-state index contributed by atoms with van der Waals surface area (Å²) in [6.07, 6.45) is 5.93. The van der Waals surface area contributed by atoms with E-state index in [9.17, 15) is 4.79 Å². The molecule has 3 nitrogen and oxygen atoms in total. The van der Waals surface area contributed by atoms with Crippen molar-refractivity contribution in [1.29, 1.82) is 0 Å². The number of allylic oxidation sites excluding steroid dienone is 4. The molecule has 27 heavy (non-hydrogen) atoms. The van der Waals surface area contributed by atoms with Gasteiger partial charge in [-0.15, -0.1) is 11.8 Å². The maximum atomic E-state index is 15.1. The number of halogens is 4. The smallest absolute Gasteiger partial charge is 0.251 e. The number of nitrogens with zero attached hydrogens (tertiary/aromatic N) is 1. The van der Waals surface area contributed by atoms with Crippen molar-refractivity contribution >= 4 is 56.8 Å². The summed E-state index contributed by atoms with van der Waals surface area (Å²) in [6.45, 7) is 7.41. The van der Waals surface area contributed by atoms with Crippen molar-refractivity contribution in [2.24, 2.45) is 0 Å². The number of hydrogen-bond donors (Lipinski definition) is 1. The summed E-state index contributed by atoms with van der Waals surface area (Å²) in [6, 6.07) is 0. The molecule has 8 heteroatoms. The molecule has 2 aliphatic rings. The molecule has 1 N–H and O–H groups in total.